The molecule has 2 aromatic carbocycles. The summed E-state index contributed by atoms with van der Waals surface area (Å²) in [7, 11) is -2.08. The molecule has 0 bridgehead atoms. The summed E-state index contributed by atoms with van der Waals surface area (Å²) in [5.74, 6) is -0.968. The Bertz CT molecular complexity index is 3550. The van der Waals surface area contributed by atoms with Gasteiger partial charge in [-0.25, -0.2) is 45.6 Å². The second-order valence-electron chi connectivity index (χ2n) is 19.1. The number of halogens is 2. The number of nitrogens with two attached hydrogens (primary N) is 2. The lowest BCUT2D eigenvalue weighted by atomic mass is 9.97. The number of hydrogen-bond acceptors (Lipinski definition) is 22. The summed E-state index contributed by atoms with van der Waals surface area (Å²) in [5.41, 5.74) is 12.0. The third-order valence-corrected chi connectivity index (χ3v) is 17.8. The van der Waals surface area contributed by atoms with Gasteiger partial charge in [-0.05, 0) is 75.2 Å². The molecule has 10 rings (SSSR count). The quantitative estimate of drug-likeness (QED) is 0.122. The summed E-state index contributed by atoms with van der Waals surface area (Å²) < 4.78 is 120. The fourth-order valence-electron chi connectivity index (χ4n) is 9.72. The average Bonchev–Trinajstić information content (AvgIpc) is 4.48. The molecule has 8 heterocycles. The van der Waals surface area contributed by atoms with Crippen molar-refractivity contribution in [2.45, 2.75) is 48.7 Å². The minimum atomic E-state index is -4.00. The zero-order chi connectivity index (χ0) is 58.6. The molecule has 4 N–H and O–H groups in total. The van der Waals surface area contributed by atoms with Gasteiger partial charge in [-0.1, -0.05) is 12.1 Å². The van der Waals surface area contributed by atoms with Gasteiger partial charge in [0.05, 0.1) is 75.6 Å². The summed E-state index contributed by atoms with van der Waals surface area (Å²) in [6, 6.07) is 17.2. The predicted octanol–water partition coefficient (Wildman–Crippen LogP) is 4.15. The largest absolute Gasteiger partial charge is 0.494 e. The van der Waals surface area contributed by atoms with Gasteiger partial charge in [0.25, 0.3) is 0 Å². The number of para-hydroxylation sites is 2. The van der Waals surface area contributed by atoms with E-state index in [1.54, 1.807) is 74.5 Å². The van der Waals surface area contributed by atoms with Crippen molar-refractivity contribution in [2.24, 2.45) is 23.3 Å². The lowest BCUT2D eigenvalue weighted by Crippen LogP contribution is -2.50. The topological polar surface area (TPSA) is 337 Å². The van der Waals surface area contributed by atoms with E-state index in [0.29, 0.717) is 57.4 Å². The Morgan fingerprint density at radius 2 is 0.890 bits per heavy atom. The number of rotatable bonds is 18. The van der Waals surface area contributed by atoms with Crippen LogP contribution in [0.1, 0.15) is 36.0 Å². The van der Waals surface area contributed by atoms with Gasteiger partial charge in [0.2, 0.25) is 35.4 Å². The van der Waals surface area contributed by atoms with Crippen LogP contribution in [0.25, 0.3) is 34.5 Å². The molecule has 82 heavy (non-hydrogen) atoms. The smallest absolute Gasteiger partial charge is 0.225 e. The van der Waals surface area contributed by atoms with Crippen LogP contribution in [0.15, 0.2) is 94.3 Å². The van der Waals surface area contributed by atoms with Gasteiger partial charge >= 0.3 is 0 Å². The van der Waals surface area contributed by atoms with E-state index >= 15 is 0 Å². The molecular formula is C52H56F2N14O12S2. The first-order valence-electron chi connectivity index (χ1n) is 25.1. The molecule has 0 radical (unpaired) electrons. The molecule has 0 spiro atoms. The van der Waals surface area contributed by atoms with Crippen molar-refractivity contribution in [1.29, 1.82) is 0 Å². The number of nitrogens with zero attached hydrogens (tertiary/aromatic N) is 12. The van der Waals surface area contributed by atoms with Crippen molar-refractivity contribution in [3.05, 3.63) is 120 Å². The van der Waals surface area contributed by atoms with Gasteiger partial charge in [0.15, 0.2) is 54.5 Å². The standard InChI is InChI=1S/2C26H28FN7O6S/c2*1-15-7-8-21(40-15)25-32-31-22(34(25)23-19(38-2)5-4-6-20(23)39-3)14-41(36,37)18-9-16(24(28)35)12-33(13-18)26-29-10-17(27)11-30-26/h2*4-8,10-11,16,18H,9,12-14H2,1-3H3,(H2,28,35)/t2*16-,18+/m10/s1. The van der Waals surface area contributed by atoms with Gasteiger partial charge in [0, 0.05) is 26.2 Å². The van der Waals surface area contributed by atoms with E-state index in [4.69, 9.17) is 39.2 Å². The van der Waals surface area contributed by atoms with Gasteiger partial charge in [-0.3, -0.25) is 18.7 Å². The maximum atomic E-state index is 13.9. The van der Waals surface area contributed by atoms with E-state index in [1.165, 1.54) is 47.4 Å². The molecule has 4 atom stereocenters. The average molecular weight is 1170 g/mol. The summed E-state index contributed by atoms with van der Waals surface area (Å²) in [4.78, 5) is 43.2. The highest BCUT2D eigenvalue weighted by molar-refractivity contribution is 7.91. The van der Waals surface area contributed by atoms with Crippen LogP contribution < -0.4 is 40.2 Å². The second-order valence-corrected chi connectivity index (χ2v) is 23.7. The van der Waals surface area contributed by atoms with Crippen LogP contribution in [0.2, 0.25) is 0 Å². The number of anilines is 2. The summed E-state index contributed by atoms with van der Waals surface area (Å²) in [5, 5.41) is 14.9. The van der Waals surface area contributed by atoms with E-state index in [9.17, 15) is 35.2 Å². The number of carbonyl (C=O) groups is 2. The number of furan rings is 2. The minimum absolute atomic E-state index is 0.00822. The Labute approximate surface area is 468 Å². The summed E-state index contributed by atoms with van der Waals surface area (Å²) >= 11 is 0. The predicted molar refractivity (Wildman–Crippen MR) is 290 cm³/mol. The van der Waals surface area contributed by atoms with Crippen molar-refractivity contribution in [2.75, 3.05) is 64.4 Å². The Kier molecular flexibility index (Phi) is 16.8. The molecule has 8 aromatic rings. The molecule has 2 aliphatic rings. The highest BCUT2D eigenvalue weighted by Crippen LogP contribution is 2.40. The molecule has 432 valence electrons. The van der Waals surface area contributed by atoms with Crippen LogP contribution >= 0.6 is 0 Å². The van der Waals surface area contributed by atoms with E-state index in [0.717, 1.165) is 24.8 Å². The van der Waals surface area contributed by atoms with E-state index < -0.39 is 77.0 Å². The number of hydrogen-bond donors (Lipinski definition) is 2. The van der Waals surface area contributed by atoms with Gasteiger partial charge in [-0.15, -0.1) is 20.4 Å². The minimum Gasteiger partial charge on any atom is -0.494 e. The molecule has 0 saturated carbocycles. The highest BCUT2D eigenvalue weighted by atomic mass is 32.2. The monoisotopic (exact) mass is 1170 g/mol. The Balaban J connectivity index is 0.000000198. The molecule has 0 aliphatic carbocycles. The number of sulfone groups is 2. The first-order valence-corrected chi connectivity index (χ1v) is 28.6. The van der Waals surface area contributed by atoms with Crippen LogP contribution in [-0.4, -0.2) is 143 Å². The van der Waals surface area contributed by atoms with Gasteiger partial charge < -0.3 is 49.0 Å². The molecule has 2 fully saturated rings. The number of methoxy groups -OCH3 is 4. The third-order valence-electron chi connectivity index (χ3n) is 13.7. The lowest BCUT2D eigenvalue weighted by molar-refractivity contribution is -0.122. The molecular weight excluding hydrogens is 1110 g/mol. The van der Waals surface area contributed by atoms with E-state index in [2.05, 4.69) is 40.3 Å². The number of amides is 2. The second kappa shape index (κ2) is 24.0. The van der Waals surface area contributed by atoms with E-state index in [1.807, 2.05) is 0 Å². The number of carbonyl (C=O) groups excluding carboxylic acids is 2. The van der Waals surface area contributed by atoms with Gasteiger partial charge in [0.1, 0.15) is 57.4 Å². The highest BCUT2D eigenvalue weighted by Gasteiger charge is 2.42. The summed E-state index contributed by atoms with van der Waals surface area (Å²) in [6.07, 6.45) is 3.88. The third kappa shape index (κ3) is 12.2. The number of piperidine rings is 2. The lowest BCUT2D eigenvalue weighted by Gasteiger charge is -2.36. The number of aromatic nitrogens is 10. The SMILES string of the molecule is COc1cccc(OC)c1-n1c(CS(=O)(=O)[C@@H]2C[C@H](C(N)=O)CN(c3ncc(F)cn3)C2)nnc1-c1ccc(C)o1.COc1cccc(OC)c1-n1c(CS(=O)(=O)[C@H]2C[C@@H](C(N)=O)CN(c3ncc(F)cn3)C2)nnc1-c1ccc(C)o1. The fourth-order valence-corrected chi connectivity index (χ4v) is 13.2. The Hall–Kier alpha value is -9.06. The Morgan fingerprint density at radius 3 is 1.18 bits per heavy atom. The normalized spacial score (nSPS) is 17.4. The van der Waals surface area contributed by atoms with Gasteiger partial charge in [-0.2, -0.15) is 0 Å². The molecule has 6 aromatic heterocycles. The van der Waals surface area contributed by atoms with E-state index in [-0.39, 0.29) is 74.2 Å². The maximum Gasteiger partial charge on any atom is 0.225 e. The molecule has 2 amide bonds. The van der Waals surface area contributed by atoms with Crippen LogP contribution in [-0.2, 0) is 40.8 Å². The number of benzene rings is 2. The Morgan fingerprint density at radius 1 is 0.549 bits per heavy atom. The molecule has 2 aliphatic heterocycles. The zero-order valence-corrected chi connectivity index (χ0v) is 46.7. The number of aryl methyl sites for hydroxylation is 2. The first-order chi connectivity index (χ1) is 39.2. The van der Waals surface area contributed by atoms with Crippen molar-refractivity contribution in [3.8, 4) is 57.5 Å². The van der Waals surface area contributed by atoms with Crippen molar-refractivity contribution < 1.29 is 63.0 Å². The van der Waals surface area contributed by atoms with Crippen molar-refractivity contribution in [1.82, 2.24) is 49.5 Å². The van der Waals surface area contributed by atoms with Crippen LogP contribution in [0.5, 0.6) is 23.0 Å². The van der Waals surface area contributed by atoms with Crippen molar-refractivity contribution >= 4 is 43.4 Å². The molecule has 26 nitrogen and oxygen atoms in total. The molecule has 30 heteroatoms. The molecule has 0 unspecified atom stereocenters. The fraction of sp³-hybridized carbons (Fsp3) is 0.346. The van der Waals surface area contributed by atoms with Crippen LogP contribution in [0, 0.1) is 37.3 Å². The maximum absolute atomic E-state index is 13.9. The first kappa shape index (κ1) is 57.6. The van der Waals surface area contributed by atoms with Crippen LogP contribution in [0.4, 0.5) is 20.7 Å². The van der Waals surface area contributed by atoms with Crippen molar-refractivity contribution in [3.63, 3.8) is 0 Å². The zero-order valence-electron chi connectivity index (χ0n) is 45.0. The summed E-state index contributed by atoms with van der Waals surface area (Å²) in [6.45, 7) is 3.68. The number of ether oxygens (including phenoxy) is 4. The van der Waals surface area contributed by atoms with Crippen LogP contribution in [0.3, 0.4) is 0 Å². The molecule has 2 saturated heterocycles. The number of primary amides is 2.